The number of carboxylic acids is 2. The molecule has 3 atom stereocenters. The van der Waals surface area contributed by atoms with Crippen LogP contribution in [0, 0.1) is 17.8 Å². The van der Waals surface area contributed by atoms with E-state index in [2.05, 4.69) is 4.72 Å². The predicted molar refractivity (Wildman–Crippen MR) is 83.8 cm³/mol. The van der Waals surface area contributed by atoms with Crippen LogP contribution in [0.4, 0.5) is 0 Å². The summed E-state index contributed by atoms with van der Waals surface area (Å²) in [6.45, 7) is 0. The molecule has 0 amide bonds. The van der Waals surface area contributed by atoms with E-state index < -0.39 is 28.0 Å². The molecule has 0 saturated heterocycles. The van der Waals surface area contributed by atoms with Gasteiger partial charge in [0.1, 0.15) is 6.04 Å². The van der Waals surface area contributed by atoms with E-state index in [0.717, 1.165) is 19.3 Å². The van der Waals surface area contributed by atoms with E-state index in [1.165, 1.54) is 24.3 Å². The van der Waals surface area contributed by atoms with Gasteiger partial charge in [-0.25, -0.2) is 8.42 Å². The van der Waals surface area contributed by atoms with Crippen molar-refractivity contribution in [1.29, 1.82) is 0 Å². The quantitative estimate of drug-likeness (QED) is 0.675. The molecule has 24 heavy (non-hydrogen) atoms. The standard InChI is InChI=1S/C16H19NO6S/c18-14(19)5-9-1-3-13(4-2-9)24(22,23)17-15(16(20)21)12-7-10-6-11(10)8-12/h1-4,10-12,15,17H,5-8H2,(H,18,19)(H,20,21). The molecule has 0 radical (unpaired) electrons. The van der Waals surface area contributed by atoms with Gasteiger partial charge in [0.05, 0.1) is 11.3 Å². The SMILES string of the molecule is O=C(O)Cc1ccc(S(=O)(=O)NC(C(=O)O)C2CC3CC3C2)cc1. The number of hydrogen-bond donors (Lipinski definition) is 3. The number of hydrogen-bond acceptors (Lipinski definition) is 4. The minimum atomic E-state index is -3.97. The number of nitrogens with one attached hydrogen (secondary N) is 1. The van der Waals surface area contributed by atoms with Gasteiger partial charge in [0.2, 0.25) is 10.0 Å². The van der Waals surface area contributed by atoms with Gasteiger partial charge in [-0.05, 0) is 54.7 Å². The van der Waals surface area contributed by atoms with E-state index in [1.54, 1.807) is 0 Å². The summed E-state index contributed by atoms with van der Waals surface area (Å²) < 4.78 is 27.2. The molecular weight excluding hydrogens is 334 g/mol. The molecule has 0 heterocycles. The van der Waals surface area contributed by atoms with Crippen LogP contribution < -0.4 is 4.72 Å². The summed E-state index contributed by atoms with van der Waals surface area (Å²) in [7, 11) is -3.97. The Bertz CT molecular complexity index is 747. The van der Waals surface area contributed by atoms with Crippen LogP contribution in [-0.2, 0) is 26.0 Å². The highest BCUT2D eigenvalue weighted by Crippen LogP contribution is 2.55. The van der Waals surface area contributed by atoms with E-state index in [4.69, 9.17) is 5.11 Å². The molecule has 2 saturated carbocycles. The lowest BCUT2D eigenvalue weighted by molar-refractivity contribution is -0.140. The molecule has 8 heteroatoms. The van der Waals surface area contributed by atoms with Crippen LogP contribution in [0.2, 0.25) is 0 Å². The van der Waals surface area contributed by atoms with Crippen molar-refractivity contribution in [3.05, 3.63) is 29.8 Å². The van der Waals surface area contributed by atoms with Crippen LogP contribution in [0.25, 0.3) is 0 Å². The Hall–Kier alpha value is -1.93. The van der Waals surface area contributed by atoms with Gasteiger partial charge in [0, 0.05) is 0 Å². The first-order valence-electron chi connectivity index (χ1n) is 7.82. The molecule has 0 aromatic heterocycles. The van der Waals surface area contributed by atoms with Crippen LogP contribution >= 0.6 is 0 Å². The van der Waals surface area contributed by atoms with Crippen LogP contribution in [-0.4, -0.2) is 36.6 Å². The fourth-order valence-electron chi connectivity index (χ4n) is 3.58. The third-order valence-corrected chi connectivity index (χ3v) is 6.35. The van der Waals surface area contributed by atoms with Crippen LogP contribution in [0.3, 0.4) is 0 Å². The van der Waals surface area contributed by atoms with Crippen molar-refractivity contribution in [2.24, 2.45) is 17.8 Å². The van der Waals surface area contributed by atoms with Gasteiger partial charge in [-0.2, -0.15) is 4.72 Å². The first kappa shape index (κ1) is 16.9. The molecule has 0 bridgehead atoms. The lowest BCUT2D eigenvalue weighted by Gasteiger charge is -2.22. The number of benzene rings is 1. The van der Waals surface area contributed by atoms with Crippen LogP contribution in [0.5, 0.6) is 0 Å². The maximum Gasteiger partial charge on any atom is 0.322 e. The summed E-state index contributed by atoms with van der Waals surface area (Å²) in [6.07, 6.45) is 2.43. The number of carboxylic acid groups (broad SMARTS) is 2. The van der Waals surface area contributed by atoms with Gasteiger partial charge in [-0.1, -0.05) is 12.1 Å². The second-order valence-electron chi connectivity index (χ2n) is 6.64. The van der Waals surface area contributed by atoms with Crippen molar-refractivity contribution in [3.63, 3.8) is 0 Å². The largest absolute Gasteiger partial charge is 0.481 e. The maximum absolute atomic E-state index is 12.4. The molecule has 3 N–H and O–H groups in total. The molecule has 130 valence electrons. The van der Waals surface area contributed by atoms with E-state index in [-0.39, 0.29) is 17.2 Å². The Morgan fingerprint density at radius 3 is 2.17 bits per heavy atom. The normalized spacial score (nSPS) is 26.6. The Morgan fingerprint density at radius 2 is 1.67 bits per heavy atom. The minimum absolute atomic E-state index is 0.0638. The monoisotopic (exact) mass is 353 g/mol. The van der Waals surface area contributed by atoms with Gasteiger partial charge >= 0.3 is 11.9 Å². The maximum atomic E-state index is 12.4. The summed E-state index contributed by atoms with van der Waals surface area (Å²) in [5, 5.41) is 18.1. The summed E-state index contributed by atoms with van der Waals surface area (Å²) in [5.74, 6) is -1.23. The molecule has 1 aromatic carbocycles. The highest BCUT2D eigenvalue weighted by atomic mass is 32.2. The highest BCUT2D eigenvalue weighted by molar-refractivity contribution is 7.89. The Balaban J connectivity index is 1.73. The topological polar surface area (TPSA) is 121 Å². The molecule has 2 aliphatic carbocycles. The molecule has 3 unspecified atom stereocenters. The molecule has 7 nitrogen and oxygen atoms in total. The lowest BCUT2D eigenvalue weighted by Crippen LogP contribution is -2.45. The van der Waals surface area contributed by atoms with Crippen molar-refractivity contribution in [2.75, 3.05) is 0 Å². The van der Waals surface area contributed by atoms with Crippen molar-refractivity contribution in [2.45, 2.75) is 36.6 Å². The highest BCUT2D eigenvalue weighted by Gasteiger charge is 2.50. The lowest BCUT2D eigenvalue weighted by atomic mass is 9.95. The van der Waals surface area contributed by atoms with Crippen molar-refractivity contribution in [1.82, 2.24) is 4.72 Å². The Labute approximate surface area is 139 Å². The fourth-order valence-corrected chi connectivity index (χ4v) is 4.84. The molecule has 3 rings (SSSR count). The molecule has 0 aliphatic heterocycles. The third-order valence-electron chi connectivity index (χ3n) is 4.89. The third kappa shape index (κ3) is 3.59. The predicted octanol–water partition coefficient (Wildman–Crippen LogP) is 1.09. The number of carbonyl (C=O) groups is 2. The van der Waals surface area contributed by atoms with E-state index in [9.17, 15) is 23.1 Å². The van der Waals surface area contributed by atoms with Gasteiger partial charge in [0.25, 0.3) is 0 Å². The van der Waals surface area contributed by atoms with E-state index in [0.29, 0.717) is 17.4 Å². The summed E-state index contributed by atoms with van der Waals surface area (Å²) in [6, 6.07) is 4.31. The first-order valence-corrected chi connectivity index (χ1v) is 9.30. The van der Waals surface area contributed by atoms with Crippen LogP contribution in [0.15, 0.2) is 29.2 Å². The van der Waals surface area contributed by atoms with Gasteiger partial charge in [-0.3, -0.25) is 9.59 Å². The number of aliphatic carboxylic acids is 2. The number of fused-ring (bicyclic) bond motifs is 1. The number of sulfonamides is 1. The molecular formula is C16H19NO6S. The van der Waals surface area contributed by atoms with Gasteiger partial charge in [-0.15, -0.1) is 0 Å². The molecule has 2 aliphatic rings. The molecule has 0 spiro atoms. The zero-order valence-corrected chi connectivity index (χ0v) is 13.7. The average Bonchev–Trinajstić information content (AvgIpc) is 3.11. The molecule has 2 fully saturated rings. The summed E-state index contributed by atoms with van der Waals surface area (Å²) >= 11 is 0. The Kier molecular flexibility index (Phi) is 4.35. The van der Waals surface area contributed by atoms with Crippen molar-refractivity contribution < 1.29 is 28.2 Å². The van der Waals surface area contributed by atoms with Crippen molar-refractivity contribution >= 4 is 22.0 Å². The zero-order chi connectivity index (χ0) is 17.5. The average molecular weight is 353 g/mol. The first-order chi connectivity index (χ1) is 11.3. The second-order valence-corrected chi connectivity index (χ2v) is 8.35. The zero-order valence-electron chi connectivity index (χ0n) is 12.9. The van der Waals surface area contributed by atoms with Gasteiger partial charge in [0.15, 0.2) is 0 Å². The molecule has 1 aromatic rings. The van der Waals surface area contributed by atoms with Crippen molar-refractivity contribution in [3.8, 4) is 0 Å². The van der Waals surface area contributed by atoms with Gasteiger partial charge < -0.3 is 10.2 Å². The Morgan fingerprint density at radius 1 is 1.08 bits per heavy atom. The fraction of sp³-hybridized carbons (Fsp3) is 0.500. The van der Waals surface area contributed by atoms with Crippen LogP contribution in [0.1, 0.15) is 24.8 Å². The summed E-state index contributed by atoms with van der Waals surface area (Å²) in [4.78, 5) is 22.1. The number of rotatable bonds is 7. The smallest absolute Gasteiger partial charge is 0.322 e. The minimum Gasteiger partial charge on any atom is -0.481 e. The second kappa shape index (κ2) is 6.18. The van der Waals surface area contributed by atoms with E-state index in [1.807, 2.05) is 0 Å². The summed E-state index contributed by atoms with van der Waals surface area (Å²) in [5.41, 5.74) is 0.479. The van der Waals surface area contributed by atoms with E-state index >= 15 is 0 Å².